The van der Waals surface area contributed by atoms with E-state index < -0.39 is 0 Å². The molecule has 1 rings (SSSR count). The second kappa shape index (κ2) is 8.31. The van der Waals surface area contributed by atoms with Gasteiger partial charge in [-0.3, -0.25) is 0 Å². The van der Waals surface area contributed by atoms with Gasteiger partial charge in [-0.1, -0.05) is 37.3 Å². The van der Waals surface area contributed by atoms with Crippen LogP contribution in [0.25, 0.3) is 0 Å². The molecule has 0 heterocycles. The van der Waals surface area contributed by atoms with Crippen LogP contribution in [0.5, 0.6) is 0 Å². The Labute approximate surface area is 117 Å². The molecule has 1 unspecified atom stereocenters. The van der Waals surface area contributed by atoms with E-state index in [0.717, 1.165) is 32.4 Å². The van der Waals surface area contributed by atoms with Crippen molar-refractivity contribution in [1.29, 1.82) is 0 Å². The molecule has 0 aliphatic heterocycles. The van der Waals surface area contributed by atoms with Crippen molar-refractivity contribution >= 4 is 0 Å². The summed E-state index contributed by atoms with van der Waals surface area (Å²) in [5.74, 6) is 0. The molecule has 0 bridgehead atoms. The predicted molar refractivity (Wildman–Crippen MR) is 81.3 cm³/mol. The van der Waals surface area contributed by atoms with E-state index in [9.17, 15) is 0 Å². The first-order valence-corrected chi connectivity index (χ1v) is 7.17. The van der Waals surface area contributed by atoms with Gasteiger partial charge < -0.3 is 15.7 Å². The van der Waals surface area contributed by atoms with Crippen molar-refractivity contribution in [2.24, 2.45) is 5.73 Å². The molecule has 0 radical (unpaired) electrons. The minimum atomic E-state index is 0.00693. The molecule has 0 spiro atoms. The van der Waals surface area contributed by atoms with Crippen LogP contribution in [0.2, 0.25) is 0 Å². The molecule has 0 saturated carbocycles. The number of aliphatic hydroxyl groups is 1. The Hall–Kier alpha value is -0.900. The number of benzene rings is 1. The van der Waals surface area contributed by atoms with Gasteiger partial charge in [0.25, 0.3) is 0 Å². The lowest BCUT2D eigenvalue weighted by Crippen LogP contribution is -2.42. The summed E-state index contributed by atoms with van der Waals surface area (Å²) >= 11 is 0. The van der Waals surface area contributed by atoms with Crippen LogP contribution in [0.3, 0.4) is 0 Å². The summed E-state index contributed by atoms with van der Waals surface area (Å²) in [6, 6.07) is 10.5. The first-order valence-electron chi connectivity index (χ1n) is 7.17. The fourth-order valence-electron chi connectivity index (χ4n) is 2.46. The minimum absolute atomic E-state index is 0.00693. The molecule has 3 heteroatoms. The zero-order valence-electron chi connectivity index (χ0n) is 12.3. The summed E-state index contributed by atoms with van der Waals surface area (Å²) in [5, 5.41) is 8.77. The maximum Gasteiger partial charge on any atom is 0.0431 e. The highest BCUT2D eigenvalue weighted by Gasteiger charge is 2.26. The van der Waals surface area contributed by atoms with Gasteiger partial charge in [0.05, 0.1) is 0 Å². The van der Waals surface area contributed by atoms with Crippen molar-refractivity contribution in [2.75, 3.05) is 33.3 Å². The summed E-state index contributed by atoms with van der Waals surface area (Å²) < 4.78 is 0. The molecular formula is C16H28N2O. The van der Waals surface area contributed by atoms with Crippen LogP contribution in [0.1, 0.15) is 31.7 Å². The Morgan fingerprint density at radius 2 is 1.84 bits per heavy atom. The molecule has 0 saturated heterocycles. The molecule has 108 valence electrons. The number of hydrogen-bond acceptors (Lipinski definition) is 3. The van der Waals surface area contributed by atoms with Crippen molar-refractivity contribution in [3.05, 3.63) is 35.9 Å². The number of nitrogens with zero attached hydrogens (tertiary/aromatic N) is 1. The van der Waals surface area contributed by atoms with Gasteiger partial charge in [0.1, 0.15) is 0 Å². The van der Waals surface area contributed by atoms with E-state index in [1.807, 2.05) is 6.07 Å². The van der Waals surface area contributed by atoms with Crippen molar-refractivity contribution in [3.63, 3.8) is 0 Å². The molecule has 19 heavy (non-hydrogen) atoms. The normalized spacial score (nSPS) is 14.6. The van der Waals surface area contributed by atoms with Crippen LogP contribution in [0, 0.1) is 0 Å². The van der Waals surface area contributed by atoms with Gasteiger partial charge in [-0.15, -0.1) is 0 Å². The Morgan fingerprint density at radius 1 is 1.16 bits per heavy atom. The van der Waals surface area contributed by atoms with Crippen molar-refractivity contribution in [2.45, 2.75) is 31.6 Å². The fraction of sp³-hybridized carbons (Fsp3) is 0.625. The van der Waals surface area contributed by atoms with Gasteiger partial charge >= 0.3 is 0 Å². The Morgan fingerprint density at radius 3 is 2.42 bits per heavy atom. The molecule has 3 N–H and O–H groups in total. The summed E-state index contributed by atoms with van der Waals surface area (Å²) in [6.45, 7) is 5.20. The highest BCUT2D eigenvalue weighted by Crippen LogP contribution is 2.23. The molecule has 0 fully saturated rings. The van der Waals surface area contributed by atoms with Crippen LogP contribution in [0.15, 0.2) is 30.3 Å². The molecule has 0 amide bonds. The van der Waals surface area contributed by atoms with Gasteiger partial charge in [0.2, 0.25) is 0 Å². The Balaban J connectivity index is 2.51. The summed E-state index contributed by atoms with van der Waals surface area (Å²) in [5.41, 5.74) is 7.32. The van der Waals surface area contributed by atoms with Gasteiger partial charge in [-0.05, 0) is 38.4 Å². The van der Waals surface area contributed by atoms with Crippen molar-refractivity contribution in [1.82, 2.24) is 4.90 Å². The predicted octanol–water partition coefficient (Wildman–Crippen LogP) is 2.00. The Kier molecular flexibility index (Phi) is 7.06. The first kappa shape index (κ1) is 16.2. The average molecular weight is 264 g/mol. The zero-order valence-corrected chi connectivity index (χ0v) is 12.3. The lowest BCUT2D eigenvalue weighted by Gasteiger charge is -2.33. The monoisotopic (exact) mass is 264 g/mol. The molecule has 1 atom stereocenters. The summed E-state index contributed by atoms with van der Waals surface area (Å²) in [4.78, 5) is 2.34. The lowest BCUT2D eigenvalue weighted by molar-refractivity contribution is 0.245. The number of unbranched alkanes of at least 4 members (excludes halogenated alkanes) is 2. The summed E-state index contributed by atoms with van der Waals surface area (Å²) in [6.07, 6.45) is 3.12. The zero-order chi connectivity index (χ0) is 14.1. The van der Waals surface area contributed by atoms with E-state index in [1.165, 1.54) is 5.56 Å². The van der Waals surface area contributed by atoms with Crippen LogP contribution in [-0.4, -0.2) is 43.3 Å². The van der Waals surface area contributed by atoms with Gasteiger partial charge in [0, 0.05) is 25.1 Å². The molecule has 3 nitrogen and oxygen atoms in total. The van der Waals surface area contributed by atoms with E-state index in [-0.39, 0.29) is 5.41 Å². The molecule has 1 aromatic carbocycles. The van der Waals surface area contributed by atoms with Crippen molar-refractivity contribution in [3.8, 4) is 0 Å². The topological polar surface area (TPSA) is 49.5 Å². The molecule has 0 aromatic heterocycles. The van der Waals surface area contributed by atoms with E-state index in [1.54, 1.807) is 0 Å². The standard InChI is InChI=1S/C16H28N2O/c1-16(13-17,15-9-5-3-6-10-15)14-18(2)11-7-4-8-12-19/h3,5-6,9-10,19H,4,7-8,11-14,17H2,1-2H3. The average Bonchev–Trinajstić information content (AvgIpc) is 2.44. The fourth-order valence-corrected chi connectivity index (χ4v) is 2.46. The highest BCUT2D eigenvalue weighted by molar-refractivity contribution is 5.25. The van der Waals surface area contributed by atoms with Gasteiger partial charge in [0.15, 0.2) is 0 Å². The van der Waals surface area contributed by atoms with E-state index >= 15 is 0 Å². The van der Waals surface area contributed by atoms with Crippen LogP contribution in [0.4, 0.5) is 0 Å². The lowest BCUT2D eigenvalue weighted by atomic mass is 9.82. The third-order valence-corrected chi connectivity index (χ3v) is 3.74. The van der Waals surface area contributed by atoms with Crippen LogP contribution >= 0.6 is 0 Å². The molecule has 0 aliphatic rings. The van der Waals surface area contributed by atoms with E-state index in [4.69, 9.17) is 10.8 Å². The maximum absolute atomic E-state index is 8.77. The van der Waals surface area contributed by atoms with Gasteiger partial charge in [-0.2, -0.15) is 0 Å². The third-order valence-electron chi connectivity index (χ3n) is 3.74. The van der Waals surface area contributed by atoms with Crippen molar-refractivity contribution < 1.29 is 5.11 Å². The third kappa shape index (κ3) is 5.31. The minimum Gasteiger partial charge on any atom is -0.396 e. The number of likely N-dealkylation sites (N-methyl/N-ethyl adjacent to an activating group) is 1. The number of hydrogen-bond donors (Lipinski definition) is 2. The molecule has 1 aromatic rings. The van der Waals surface area contributed by atoms with Gasteiger partial charge in [-0.25, -0.2) is 0 Å². The number of aliphatic hydroxyl groups excluding tert-OH is 1. The Bertz CT molecular complexity index is 342. The smallest absolute Gasteiger partial charge is 0.0431 e. The van der Waals surface area contributed by atoms with Crippen LogP contribution in [-0.2, 0) is 5.41 Å². The molecular weight excluding hydrogens is 236 g/mol. The quantitative estimate of drug-likeness (QED) is 0.671. The summed E-state index contributed by atoms with van der Waals surface area (Å²) in [7, 11) is 2.15. The second-order valence-electron chi connectivity index (χ2n) is 5.65. The number of nitrogens with two attached hydrogens (primary N) is 1. The highest BCUT2D eigenvalue weighted by atomic mass is 16.2. The van der Waals surface area contributed by atoms with E-state index in [2.05, 4.69) is 43.1 Å². The van der Waals surface area contributed by atoms with Crippen LogP contribution < -0.4 is 5.73 Å². The largest absolute Gasteiger partial charge is 0.396 e. The first-order chi connectivity index (χ1) is 9.12. The second-order valence-corrected chi connectivity index (χ2v) is 5.65. The maximum atomic E-state index is 8.77. The number of rotatable bonds is 9. The molecule has 0 aliphatic carbocycles. The van der Waals surface area contributed by atoms with E-state index in [0.29, 0.717) is 13.2 Å². The SMILES string of the molecule is CN(CCCCCO)CC(C)(CN)c1ccccc1.